The molecule has 0 aromatic heterocycles. The van der Waals surface area contributed by atoms with Crippen LogP contribution in [-0.2, 0) is 28.7 Å². The molecule has 11 heteroatoms. The third-order valence-electron chi connectivity index (χ3n) is 9.91. The van der Waals surface area contributed by atoms with Gasteiger partial charge in [0.2, 0.25) is 23.6 Å². The minimum atomic E-state index is -1.55. The molecule has 2 heterocycles. The first-order chi connectivity index (χ1) is 22.0. The Hall–Kier alpha value is -3.99. The number of imide groups is 2. The molecule has 1 saturated carbocycles. The summed E-state index contributed by atoms with van der Waals surface area (Å²) < 4.78 is 15.8. The monoisotopic (exact) mass is 692 g/mol. The van der Waals surface area contributed by atoms with E-state index >= 15 is 0 Å². The van der Waals surface area contributed by atoms with Crippen molar-refractivity contribution in [1.29, 1.82) is 0 Å². The molecule has 2 bridgehead atoms. The van der Waals surface area contributed by atoms with Crippen LogP contribution in [0.3, 0.4) is 0 Å². The third-order valence-corrected chi connectivity index (χ3v) is 11.5. The number of allylic oxidation sites excluding steroid dienone is 1. The van der Waals surface area contributed by atoms with Crippen LogP contribution in [0.15, 0.2) is 59.7 Å². The second kappa shape index (κ2) is 11.7. The van der Waals surface area contributed by atoms with Crippen LogP contribution >= 0.6 is 15.9 Å². The quantitative estimate of drug-likeness (QED) is 0.189. The highest BCUT2D eigenvalue weighted by molar-refractivity contribution is 9.10. The number of ether oxygens (including phenoxy) is 3. The molecule has 10 nitrogen and oxygen atoms in total. The van der Waals surface area contributed by atoms with Gasteiger partial charge in [-0.15, -0.1) is 0 Å². The highest BCUT2D eigenvalue weighted by Crippen LogP contribution is 2.73. The molecule has 2 saturated heterocycles. The Labute approximate surface area is 276 Å². The number of amides is 4. The number of alkyl halides is 1. The van der Waals surface area contributed by atoms with Crippen molar-refractivity contribution in [3.05, 3.63) is 59.7 Å². The van der Waals surface area contributed by atoms with Crippen LogP contribution < -0.4 is 19.3 Å². The van der Waals surface area contributed by atoms with Gasteiger partial charge in [-0.1, -0.05) is 61.0 Å². The smallest absolute Gasteiger partial charge is 0.334 e. The summed E-state index contributed by atoms with van der Waals surface area (Å²) in [5, 5.41) is 0. The van der Waals surface area contributed by atoms with E-state index < -0.39 is 63.0 Å². The fraction of sp³-hybridized carbons (Fsp3) is 0.457. The normalized spacial score (nSPS) is 29.8. The second-order valence-corrected chi connectivity index (χ2v) is 13.7. The van der Waals surface area contributed by atoms with Gasteiger partial charge in [-0.3, -0.25) is 19.2 Å². The van der Waals surface area contributed by atoms with Crippen molar-refractivity contribution < 1.29 is 38.2 Å². The number of benzene rings is 2. The summed E-state index contributed by atoms with van der Waals surface area (Å²) in [6.07, 6.45) is 1.43. The van der Waals surface area contributed by atoms with Gasteiger partial charge in [-0.2, -0.15) is 0 Å². The Morgan fingerprint density at radius 2 is 1.15 bits per heavy atom. The molecule has 4 amide bonds. The summed E-state index contributed by atoms with van der Waals surface area (Å²) in [7, 11) is 0. The van der Waals surface area contributed by atoms with E-state index in [-0.39, 0.29) is 23.6 Å². The minimum absolute atomic E-state index is 0.0610. The molecular formula is C35H37BrN2O8. The maximum Gasteiger partial charge on any atom is 0.334 e. The fourth-order valence-corrected chi connectivity index (χ4v) is 9.28. The van der Waals surface area contributed by atoms with Gasteiger partial charge in [0.05, 0.1) is 59.2 Å². The molecule has 2 aliphatic heterocycles. The maximum absolute atomic E-state index is 14.7. The molecular weight excluding hydrogens is 656 g/mol. The number of para-hydroxylation sites is 4. The maximum atomic E-state index is 14.7. The van der Waals surface area contributed by atoms with Crippen LogP contribution in [0.25, 0.3) is 0 Å². The molecule has 0 radical (unpaired) electrons. The number of esters is 1. The van der Waals surface area contributed by atoms with Gasteiger partial charge >= 0.3 is 5.97 Å². The van der Waals surface area contributed by atoms with Crippen molar-refractivity contribution >= 4 is 56.9 Å². The minimum Gasteiger partial charge on any atom is -0.491 e. The van der Waals surface area contributed by atoms with Gasteiger partial charge in [0, 0.05) is 11.0 Å². The number of hydrogen-bond donors (Lipinski definition) is 0. The molecule has 2 aromatic carbocycles. The summed E-state index contributed by atoms with van der Waals surface area (Å²) in [4.78, 5) is 74.6. The third kappa shape index (κ3) is 4.16. The number of hydrogen-bond acceptors (Lipinski definition) is 8. The first kappa shape index (κ1) is 32.0. The number of carbonyl (C=O) groups is 5. The summed E-state index contributed by atoms with van der Waals surface area (Å²) >= 11 is 3.83. The Morgan fingerprint density at radius 3 is 1.57 bits per heavy atom. The van der Waals surface area contributed by atoms with Gasteiger partial charge in [-0.05, 0) is 56.5 Å². The summed E-state index contributed by atoms with van der Waals surface area (Å²) in [6, 6.07) is 13.6. The molecule has 7 rings (SSSR count). The Morgan fingerprint density at radius 1 is 0.739 bits per heavy atom. The predicted molar refractivity (Wildman–Crippen MR) is 172 cm³/mol. The van der Waals surface area contributed by atoms with Crippen LogP contribution in [0, 0.1) is 29.1 Å². The molecule has 4 atom stereocenters. The zero-order valence-corrected chi connectivity index (χ0v) is 28.1. The Balaban J connectivity index is 1.55. The first-order valence-electron chi connectivity index (χ1n) is 15.8. The SMILES string of the molecule is CCCOc1ccccc1N1C(=O)C2C(C1=O)C1(Br)C(C)=C(C(=O)OCC)C2(C)C2C(=O)N(c3ccccc3OCCC)C(=O)C21. The van der Waals surface area contributed by atoms with Crippen molar-refractivity contribution in [2.45, 2.75) is 51.8 Å². The molecule has 3 fully saturated rings. The number of rotatable bonds is 10. The van der Waals surface area contributed by atoms with E-state index in [9.17, 15) is 24.0 Å². The van der Waals surface area contributed by atoms with E-state index in [1.54, 1.807) is 69.3 Å². The van der Waals surface area contributed by atoms with Crippen molar-refractivity contribution in [1.82, 2.24) is 0 Å². The molecule has 4 unspecified atom stereocenters. The topological polar surface area (TPSA) is 120 Å². The lowest BCUT2D eigenvalue weighted by Gasteiger charge is -2.59. The van der Waals surface area contributed by atoms with E-state index in [0.717, 1.165) is 9.80 Å². The van der Waals surface area contributed by atoms with Gasteiger partial charge < -0.3 is 14.2 Å². The summed E-state index contributed by atoms with van der Waals surface area (Å²) in [5.74, 6) is -6.62. The lowest BCUT2D eigenvalue weighted by molar-refractivity contribution is -0.152. The van der Waals surface area contributed by atoms with Crippen LogP contribution in [0.5, 0.6) is 11.5 Å². The first-order valence-corrected chi connectivity index (χ1v) is 16.6. The van der Waals surface area contributed by atoms with Crippen LogP contribution in [0.1, 0.15) is 47.5 Å². The Kier molecular flexibility index (Phi) is 8.11. The molecule has 3 aliphatic carbocycles. The highest BCUT2D eigenvalue weighted by Gasteiger charge is 2.82. The van der Waals surface area contributed by atoms with Crippen molar-refractivity contribution in [3.63, 3.8) is 0 Å². The average Bonchev–Trinajstić information content (AvgIpc) is 3.47. The van der Waals surface area contributed by atoms with Crippen molar-refractivity contribution in [2.75, 3.05) is 29.6 Å². The Bertz CT molecular complexity index is 1590. The fourth-order valence-electron chi connectivity index (χ4n) is 8.16. The molecule has 5 aliphatic rings. The van der Waals surface area contributed by atoms with Gasteiger partial charge in [0.25, 0.3) is 0 Å². The number of carbonyl (C=O) groups excluding carboxylic acids is 5. The predicted octanol–water partition coefficient (Wildman–Crippen LogP) is 5.22. The van der Waals surface area contributed by atoms with Crippen LogP contribution in [0.2, 0.25) is 0 Å². The molecule has 242 valence electrons. The summed E-state index contributed by atoms with van der Waals surface area (Å²) in [5.41, 5.74) is -0.441. The lowest BCUT2D eigenvalue weighted by Crippen LogP contribution is -2.67. The van der Waals surface area contributed by atoms with E-state index in [1.807, 2.05) is 13.8 Å². The number of nitrogens with zero attached hydrogens (tertiary/aromatic N) is 2. The number of halogens is 1. The van der Waals surface area contributed by atoms with E-state index in [0.29, 0.717) is 43.1 Å². The van der Waals surface area contributed by atoms with E-state index in [2.05, 4.69) is 15.9 Å². The average molecular weight is 694 g/mol. The zero-order valence-electron chi connectivity index (χ0n) is 26.5. The standard InChI is InChI=1S/C35H37BrN2O8/c1-6-17-45-22-15-11-9-13-20(22)37-29(39)25-27(31(37)41)35(36)19(4)24(33(43)44-8-3)34(25,5)26-28(35)32(42)38(30(26)40)21-14-10-12-16-23(21)46-18-7-2/h9-16,25-28H,6-8,17-18H2,1-5H3. The molecule has 2 aromatic rings. The second-order valence-electron chi connectivity index (χ2n) is 12.3. The van der Waals surface area contributed by atoms with Crippen LogP contribution in [-0.4, -0.2) is 53.7 Å². The molecule has 46 heavy (non-hydrogen) atoms. The zero-order chi connectivity index (χ0) is 33.1. The molecule has 0 spiro atoms. The van der Waals surface area contributed by atoms with E-state index in [4.69, 9.17) is 14.2 Å². The van der Waals surface area contributed by atoms with E-state index in [1.165, 1.54) is 0 Å². The van der Waals surface area contributed by atoms with Gasteiger partial charge in [0.15, 0.2) is 0 Å². The molecule has 0 N–H and O–H groups in total. The largest absolute Gasteiger partial charge is 0.491 e. The van der Waals surface area contributed by atoms with Gasteiger partial charge in [0.1, 0.15) is 11.5 Å². The summed E-state index contributed by atoms with van der Waals surface area (Å²) in [6.45, 7) is 9.73. The van der Waals surface area contributed by atoms with Crippen LogP contribution in [0.4, 0.5) is 11.4 Å². The highest BCUT2D eigenvalue weighted by atomic mass is 79.9. The lowest BCUT2D eigenvalue weighted by atomic mass is 9.43. The van der Waals surface area contributed by atoms with Gasteiger partial charge in [-0.25, -0.2) is 14.6 Å². The van der Waals surface area contributed by atoms with Crippen molar-refractivity contribution in [2.24, 2.45) is 29.1 Å². The number of anilines is 2. The van der Waals surface area contributed by atoms with Crippen molar-refractivity contribution in [3.8, 4) is 11.5 Å².